The van der Waals surface area contributed by atoms with E-state index in [0.29, 0.717) is 31.9 Å². The van der Waals surface area contributed by atoms with Gasteiger partial charge in [0, 0.05) is 49.6 Å². The Morgan fingerprint density at radius 1 is 1.03 bits per heavy atom. The zero-order valence-corrected chi connectivity index (χ0v) is 21.1. The molecule has 1 aliphatic rings. The fraction of sp³-hybridized carbons (Fsp3) is 0.370. The van der Waals surface area contributed by atoms with E-state index in [-0.39, 0.29) is 30.2 Å². The third-order valence-electron chi connectivity index (χ3n) is 5.64. The lowest BCUT2D eigenvalue weighted by Crippen LogP contribution is -2.55. The van der Waals surface area contributed by atoms with Crippen LogP contribution in [-0.4, -0.2) is 72.5 Å². The van der Waals surface area contributed by atoms with Crippen molar-refractivity contribution >= 4 is 29.2 Å². The van der Waals surface area contributed by atoms with Gasteiger partial charge in [0.15, 0.2) is 0 Å². The number of urea groups is 1. The smallest absolute Gasteiger partial charge is 0.317 e. The first kappa shape index (κ1) is 26.7. The van der Waals surface area contributed by atoms with Crippen LogP contribution in [0.15, 0.2) is 61.2 Å². The van der Waals surface area contributed by atoms with E-state index >= 15 is 0 Å². The predicted molar refractivity (Wildman–Crippen MR) is 140 cm³/mol. The molecule has 0 saturated carbocycles. The predicted octanol–water partition coefficient (Wildman–Crippen LogP) is 3.72. The first-order chi connectivity index (χ1) is 17.1. The van der Waals surface area contributed by atoms with Gasteiger partial charge in [-0.2, -0.15) is 0 Å². The van der Waals surface area contributed by atoms with Gasteiger partial charge in [-0.1, -0.05) is 18.2 Å². The van der Waals surface area contributed by atoms with Crippen molar-refractivity contribution < 1.29 is 18.8 Å². The van der Waals surface area contributed by atoms with Gasteiger partial charge in [-0.3, -0.25) is 9.59 Å². The van der Waals surface area contributed by atoms with Crippen LogP contribution in [0.25, 0.3) is 0 Å². The summed E-state index contributed by atoms with van der Waals surface area (Å²) in [6.07, 6.45) is 1.49. The Bertz CT molecular complexity index is 1090. The Morgan fingerprint density at radius 2 is 1.67 bits per heavy atom. The van der Waals surface area contributed by atoms with Gasteiger partial charge in [-0.25, -0.2) is 9.18 Å². The molecule has 1 aliphatic heterocycles. The van der Waals surface area contributed by atoms with E-state index in [9.17, 15) is 18.8 Å². The number of carbonyl (C=O) groups is 3. The van der Waals surface area contributed by atoms with Gasteiger partial charge in [0.05, 0.1) is 5.56 Å². The Hall–Kier alpha value is -3.88. The summed E-state index contributed by atoms with van der Waals surface area (Å²) >= 11 is 0. The SMILES string of the molecule is C=CCN(CC(=O)Nc1ccc(N2CCN(C(=O)NC(C)(C)C)CC2)cc1)C(=O)c1ccccc1F. The lowest BCUT2D eigenvalue weighted by Gasteiger charge is -2.37. The molecule has 0 atom stereocenters. The molecule has 8 nitrogen and oxygen atoms in total. The largest absolute Gasteiger partial charge is 0.368 e. The second-order valence-corrected chi connectivity index (χ2v) is 9.70. The molecule has 0 unspecified atom stereocenters. The summed E-state index contributed by atoms with van der Waals surface area (Å²) in [5.41, 5.74) is 1.21. The second-order valence-electron chi connectivity index (χ2n) is 9.70. The van der Waals surface area contributed by atoms with Crippen molar-refractivity contribution in [1.82, 2.24) is 15.1 Å². The second kappa shape index (κ2) is 11.7. The number of nitrogens with zero attached hydrogens (tertiary/aromatic N) is 3. The van der Waals surface area contributed by atoms with E-state index in [2.05, 4.69) is 22.1 Å². The molecule has 1 saturated heterocycles. The molecule has 192 valence electrons. The van der Waals surface area contributed by atoms with Crippen molar-refractivity contribution in [3.8, 4) is 0 Å². The molecule has 2 aromatic carbocycles. The molecule has 1 fully saturated rings. The minimum Gasteiger partial charge on any atom is -0.368 e. The molecule has 0 radical (unpaired) electrons. The van der Waals surface area contributed by atoms with Gasteiger partial charge in [0.1, 0.15) is 12.4 Å². The van der Waals surface area contributed by atoms with Gasteiger partial charge in [-0.15, -0.1) is 6.58 Å². The Labute approximate surface area is 211 Å². The summed E-state index contributed by atoms with van der Waals surface area (Å²) in [5.74, 6) is -1.61. The first-order valence-corrected chi connectivity index (χ1v) is 11.9. The molecule has 1 heterocycles. The highest BCUT2D eigenvalue weighted by atomic mass is 19.1. The molecular formula is C27H34FN5O3. The van der Waals surface area contributed by atoms with Gasteiger partial charge in [0.25, 0.3) is 5.91 Å². The van der Waals surface area contributed by atoms with Gasteiger partial charge >= 0.3 is 6.03 Å². The van der Waals surface area contributed by atoms with E-state index in [1.807, 2.05) is 37.8 Å². The standard InChI is InChI=1S/C27H34FN5O3/c1-5-14-33(25(35)22-8-6-7-9-23(22)28)19-24(34)29-20-10-12-21(13-11-20)31-15-17-32(18-16-31)26(36)30-27(2,3)4/h5-13H,1,14-19H2,2-4H3,(H,29,34)(H,30,36). The highest BCUT2D eigenvalue weighted by molar-refractivity contribution is 5.99. The lowest BCUT2D eigenvalue weighted by atomic mass is 10.1. The Morgan fingerprint density at radius 3 is 2.25 bits per heavy atom. The van der Waals surface area contributed by atoms with Crippen molar-refractivity contribution in [1.29, 1.82) is 0 Å². The molecule has 9 heteroatoms. The maximum Gasteiger partial charge on any atom is 0.317 e. The number of carbonyl (C=O) groups excluding carboxylic acids is 3. The third kappa shape index (κ3) is 7.31. The molecule has 0 spiro atoms. The van der Waals surface area contributed by atoms with Crippen LogP contribution in [0.1, 0.15) is 31.1 Å². The molecule has 0 bridgehead atoms. The zero-order chi connectivity index (χ0) is 26.3. The fourth-order valence-electron chi connectivity index (χ4n) is 3.88. The number of nitrogens with one attached hydrogen (secondary N) is 2. The first-order valence-electron chi connectivity index (χ1n) is 11.9. The minimum atomic E-state index is -0.636. The van der Waals surface area contributed by atoms with Crippen molar-refractivity contribution in [2.75, 3.05) is 49.5 Å². The number of benzene rings is 2. The molecule has 2 aromatic rings. The van der Waals surface area contributed by atoms with Crippen molar-refractivity contribution in [2.24, 2.45) is 0 Å². The van der Waals surface area contributed by atoms with Crippen LogP contribution < -0.4 is 15.5 Å². The number of anilines is 2. The summed E-state index contributed by atoms with van der Waals surface area (Å²) < 4.78 is 14.0. The average molecular weight is 496 g/mol. The highest BCUT2D eigenvalue weighted by Gasteiger charge is 2.24. The molecule has 3 rings (SSSR count). The summed E-state index contributed by atoms with van der Waals surface area (Å²) in [4.78, 5) is 42.9. The van der Waals surface area contributed by atoms with E-state index in [0.717, 1.165) is 5.69 Å². The number of rotatable bonds is 7. The third-order valence-corrected chi connectivity index (χ3v) is 5.64. The number of amides is 4. The molecule has 0 aromatic heterocycles. The highest BCUT2D eigenvalue weighted by Crippen LogP contribution is 2.20. The zero-order valence-electron chi connectivity index (χ0n) is 21.1. The topological polar surface area (TPSA) is 85.0 Å². The van der Waals surface area contributed by atoms with Gasteiger partial charge in [-0.05, 0) is 57.2 Å². The molecule has 2 N–H and O–H groups in total. The molecular weight excluding hydrogens is 461 g/mol. The number of hydrogen-bond acceptors (Lipinski definition) is 4. The lowest BCUT2D eigenvalue weighted by molar-refractivity contribution is -0.116. The normalized spacial score (nSPS) is 13.7. The Balaban J connectivity index is 1.54. The summed E-state index contributed by atoms with van der Waals surface area (Å²) in [5, 5.41) is 5.77. The maximum atomic E-state index is 14.0. The molecule has 36 heavy (non-hydrogen) atoms. The van der Waals surface area contributed by atoms with E-state index in [1.54, 1.807) is 18.2 Å². The van der Waals surface area contributed by atoms with Crippen LogP contribution >= 0.6 is 0 Å². The summed E-state index contributed by atoms with van der Waals surface area (Å²) in [6, 6.07) is 13.0. The molecule has 0 aliphatic carbocycles. The number of halogens is 1. The van der Waals surface area contributed by atoms with Crippen molar-refractivity contribution in [2.45, 2.75) is 26.3 Å². The van der Waals surface area contributed by atoms with E-state index in [1.165, 1.54) is 29.2 Å². The van der Waals surface area contributed by atoms with Gasteiger partial charge < -0.3 is 25.3 Å². The Kier molecular flexibility index (Phi) is 8.68. The van der Waals surface area contributed by atoms with Crippen LogP contribution in [0.5, 0.6) is 0 Å². The molecule has 4 amide bonds. The van der Waals surface area contributed by atoms with Crippen LogP contribution in [0.2, 0.25) is 0 Å². The number of hydrogen-bond donors (Lipinski definition) is 2. The van der Waals surface area contributed by atoms with Crippen molar-refractivity contribution in [3.05, 3.63) is 72.6 Å². The van der Waals surface area contributed by atoms with Crippen molar-refractivity contribution in [3.63, 3.8) is 0 Å². The summed E-state index contributed by atoms with van der Waals surface area (Å²) in [6.45, 7) is 12.0. The van der Waals surface area contributed by atoms with Crippen LogP contribution in [-0.2, 0) is 4.79 Å². The van der Waals surface area contributed by atoms with E-state index in [4.69, 9.17) is 0 Å². The summed E-state index contributed by atoms with van der Waals surface area (Å²) in [7, 11) is 0. The minimum absolute atomic E-state index is 0.0563. The maximum absolute atomic E-state index is 14.0. The number of piperazine rings is 1. The van der Waals surface area contributed by atoms with Crippen LogP contribution in [0, 0.1) is 5.82 Å². The average Bonchev–Trinajstić information content (AvgIpc) is 2.83. The van der Waals surface area contributed by atoms with E-state index < -0.39 is 17.6 Å². The van der Waals surface area contributed by atoms with Crippen LogP contribution in [0.3, 0.4) is 0 Å². The fourth-order valence-corrected chi connectivity index (χ4v) is 3.88. The quantitative estimate of drug-likeness (QED) is 0.574. The monoisotopic (exact) mass is 495 g/mol. The van der Waals surface area contributed by atoms with Gasteiger partial charge in [0.2, 0.25) is 5.91 Å². The van der Waals surface area contributed by atoms with Crippen LogP contribution in [0.4, 0.5) is 20.6 Å².